The molecule has 0 fully saturated rings. The topological polar surface area (TPSA) is 109 Å². The Morgan fingerprint density at radius 1 is 0.913 bits per heavy atom. The van der Waals surface area contributed by atoms with E-state index in [4.69, 9.17) is 28.0 Å². The fraction of sp³-hybridized carbons (Fsp3) is 0.125. The number of benzene rings is 1. The molecule has 0 aromatic heterocycles. The normalized spacial score (nSPS) is 6.39. The second kappa shape index (κ2) is 42.7. The van der Waals surface area contributed by atoms with Crippen LogP contribution in [0, 0.1) is 33.3 Å². The average molecular weight is 352 g/mol. The Morgan fingerprint density at radius 2 is 1.30 bits per heavy atom. The molecule has 0 spiro atoms. The average Bonchev–Trinajstić information content (AvgIpc) is 2.69. The van der Waals surface area contributed by atoms with Crippen molar-refractivity contribution in [2.24, 2.45) is 0 Å². The Labute approximate surface area is 143 Å². The number of ether oxygens (including phenoxy) is 1. The summed E-state index contributed by atoms with van der Waals surface area (Å²) in [6, 6.07) is 10.1. The molecule has 23 heavy (non-hydrogen) atoms. The van der Waals surface area contributed by atoms with Crippen molar-refractivity contribution in [3.8, 4) is 0 Å². The summed E-state index contributed by atoms with van der Waals surface area (Å²) in [7, 11) is 0. The zero-order valence-corrected chi connectivity index (χ0v) is 13.4. The van der Waals surface area contributed by atoms with Crippen molar-refractivity contribution >= 4 is 10.6 Å². The summed E-state index contributed by atoms with van der Waals surface area (Å²) in [6.45, 7) is 25.2. The third-order valence-electron chi connectivity index (χ3n) is 1.50. The molecule has 0 heterocycles. The van der Waals surface area contributed by atoms with Gasteiger partial charge in [-0.1, -0.05) is 0 Å². The van der Waals surface area contributed by atoms with Crippen molar-refractivity contribution in [2.45, 2.75) is 6.92 Å². The summed E-state index contributed by atoms with van der Waals surface area (Å²) in [5, 5.41) is 0. The number of rotatable bonds is 4. The van der Waals surface area contributed by atoms with Crippen LogP contribution >= 0.6 is 0 Å². The molecule has 0 bridgehead atoms. The van der Waals surface area contributed by atoms with Gasteiger partial charge in [0.1, 0.15) is 0 Å². The fourth-order valence-corrected chi connectivity index (χ4v) is 1.21. The molecule has 1 rings (SSSR count). The molecule has 0 aliphatic rings. The van der Waals surface area contributed by atoms with Gasteiger partial charge in [0.2, 0.25) is 0 Å². The van der Waals surface area contributed by atoms with E-state index in [1.165, 1.54) is 5.56 Å². The minimum absolute atomic E-state index is 0.696. The van der Waals surface area contributed by atoms with Crippen LogP contribution < -0.4 is 0 Å². The maximum absolute atomic E-state index is 7.50. The van der Waals surface area contributed by atoms with Crippen LogP contribution in [0.15, 0.2) is 36.4 Å². The summed E-state index contributed by atoms with van der Waals surface area (Å²) in [5.74, 6) is 0. The molecule has 118 valence electrons. The first-order chi connectivity index (χ1) is 11.3. The SMILES string of the molecule is CCO[C](=[Cr])/C=C/c1ccccc1.[C-]#[O+].[C-]#[O+].[C-]#[O+].[C-]#[O+].[C-]#[O+]. The van der Waals surface area contributed by atoms with Crippen LogP contribution in [-0.4, -0.2) is 11.2 Å². The molecule has 0 atom stereocenters. The first kappa shape index (κ1) is 32.8. The molecule has 1 aromatic carbocycles. The van der Waals surface area contributed by atoms with E-state index in [0.717, 1.165) is 4.57 Å². The van der Waals surface area contributed by atoms with Crippen LogP contribution in [0.4, 0.5) is 0 Å². The minimum atomic E-state index is 0.696. The predicted molar refractivity (Wildman–Crippen MR) is 71.8 cm³/mol. The molecule has 0 amide bonds. The van der Waals surface area contributed by atoms with Crippen LogP contribution in [-0.2, 0) is 43.8 Å². The van der Waals surface area contributed by atoms with Crippen molar-refractivity contribution in [1.29, 1.82) is 0 Å². The second-order valence-electron chi connectivity index (χ2n) is 2.50. The van der Waals surface area contributed by atoms with E-state index in [2.05, 4.69) is 61.2 Å². The number of hydrogen-bond donors (Lipinski definition) is 0. The molecule has 0 saturated carbocycles. The molecule has 7 heteroatoms. The molecule has 0 aliphatic heterocycles. The fourth-order valence-electron chi connectivity index (χ4n) is 0.919. The molecule has 0 radical (unpaired) electrons. The van der Waals surface area contributed by atoms with E-state index in [0.29, 0.717) is 6.61 Å². The molecule has 1 aromatic rings. The van der Waals surface area contributed by atoms with Gasteiger partial charge in [0, 0.05) is 0 Å². The van der Waals surface area contributed by atoms with Gasteiger partial charge in [-0.15, -0.1) is 0 Å². The van der Waals surface area contributed by atoms with Crippen LogP contribution in [0.5, 0.6) is 0 Å². The zero-order valence-electron chi connectivity index (χ0n) is 12.1. The first-order valence-corrected chi connectivity index (χ1v) is 5.88. The van der Waals surface area contributed by atoms with Crippen molar-refractivity contribution < 1.29 is 43.8 Å². The van der Waals surface area contributed by atoms with E-state index >= 15 is 0 Å². The van der Waals surface area contributed by atoms with Crippen LogP contribution in [0.3, 0.4) is 0 Å². The Morgan fingerprint density at radius 3 is 1.65 bits per heavy atom. The zero-order chi connectivity index (χ0) is 19.5. The van der Waals surface area contributed by atoms with Gasteiger partial charge in [-0.25, -0.2) is 0 Å². The molecule has 6 nitrogen and oxygen atoms in total. The summed E-state index contributed by atoms with van der Waals surface area (Å²) in [5.41, 5.74) is 1.18. The Balaban J connectivity index is -0.0000000923. The molecule has 0 aliphatic carbocycles. The van der Waals surface area contributed by atoms with Crippen LogP contribution in [0.2, 0.25) is 0 Å². The number of hydrogen-bond acceptors (Lipinski definition) is 1. The Bertz CT molecular complexity index is 448. The van der Waals surface area contributed by atoms with Gasteiger partial charge >= 0.3 is 143 Å². The third kappa shape index (κ3) is 33.1. The van der Waals surface area contributed by atoms with Gasteiger partial charge < -0.3 is 0 Å². The maximum atomic E-state index is 7.50. The van der Waals surface area contributed by atoms with Crippen LogP contribution in [0.25, 0.3) is 6.08 Å². The summed E-state index contributed by atoms with van der Waals surface area (Å²) >= 11 is 2.86. The van der Waals surface area contributed by atoms with Crippen molar-refractivity contribution in [2.75, 3.05) is 6.61 Å². The summed E-state index contributed by atoms with van der Waals surface area (Å²) in [4.78, 5) is 0. The van der Waals surface area contributed by atoms with E-state index in [1.807, 2.05) is 37.3 Å². The van der Waals surface area contributed by atoms with Gasteiger partial charge in [0.15, 0.2) is 0 Å². The second-order valence-corrected chi connectivity index (χ2v) is 3.12. The van der Waals surface area contributed by atoms with Gasteiger partial charge in [-0.3, -0.25) is 0 Å². The van der Waals surface area contributed by atoms with Gasteiger partial charge in [0.05, 0.1) is 0 Å². The van der Waals surface area contributed by atoms with Gasteiger partial charge in [-0.2, -0.15) is 0 Å². The van der Waals surface area contributed by atoms with E-state index in [9.17, 15) is 0 Å². The summed E-state index contributed by atoms with van der Waals surface area (Å²) in [6.07, 6.45) is 3.94. The predicted octanol–water partition coefficient (Wildman–Crippen LogP) is 2.23. The third-order valence-corrected chi connectivity index (χ3v) is 1.89. The van der Waals surface area contributed by atoms with E-state index in [-0.39, 0.29) is 0 Å². The molecular weight excluding hydrogens is 340 g/mol. The van der Waals surface area contributed by atoms with Crippen molar-refractivity contribution in [1.82, 2.24) is 0 Å². The molecule has 0 N–H and O–H groups in total. The first-order valence-electron chi connectivity index (χ1n) is 5.25. The Hall–Kier alpha value is -1.98. The molecular formula is C16H12CrO6. The summed E-state index contributed by atoms with van der Waals surface area (Å²) < 4.78 is 43.6. The van der Waals surface area contributed by atoms with E-state index < -0.39 is 0 Å². The van der Waals surface area contributed by atoms with Gasteiger partial charge in [-0.05, 0) is 0 Å². The van der Waals surface area contributed by atoms with Crippen LogP contribution in [0.1, 0.15) is 12.5 Å². The Kier molecular flexibility index (Phi) is 61.0. The molecule has 0 saturated heterocycles. The van der Waals surface area contributed by atoms with Gasteiger partial charge in [0.25, 0.3) is 0 Å². The van der Waals surface area contributed by atoms with E-state index in [1.54, 1.807) is 0 Å². The molecule has 0 unspecified atom stereocenters. The standard InChI is InChI=1S/C11H12O.5CO.Cr/c1-2-12-10-6-9-11-7-4-3-5-8-11;5*1-2;/h3-9H,2H2,1H3;;;;;;/b9-6+;;;;;;. The quantitative estimate of drug-likeness (QED) is 0.601. The monoisotopic (exact) mass is 352 g/mol. The van der Waals surface area contributed by atoms with Crippen molar-refractivity contribution in [3.05, 3.63) is 75.2 Å². The van der Waals surface area contributed by atoms with Crippen molar-refractivity contribution in [3.63, 3.8) is 0 Å².